The minimum atomic E-state index is -0.204. The van der Waals surface area contributed by atoms with Crippen molar-refractivity contribution in [3.8, 4) is 0 Å². The molecular weight excluding hydrogens is 333 g/mol. The fraction of sp³-hybridized carbons (Fsp3) is 0.440. The Morgan fingerprint density at radius 1 is 0.963 bits per heavy atom. The highest BCUT2D eigenvalue weighted by Crippen LogP contribution is 2.34. The zero-order valence-corrected chi connectivity index (χ0v) is 16.6. The first-order valence-electron chi connectivity index (χ1n) is 10.5. The summed E-state index contributed by atoms with van der Waals surface area (Å²) < 4.78 is 13.4. The van der Waals surface area contributed by atoms with Crippen molar-refractivity contribution in [1.29, 1.82) is 0 Å². The predicted molar refractivity (Wildman–Crippen MR) is 114 cm³/mol. The van der Waals surface area contributed by atoms with E-state index in [1.165, 1.54) is 56.2 Å². The molecule has 0 N–H and O–H groups in total. The van der Waals surface area contributed by atoms with Gasteiger partial charge in [0.05, 0.1) is 0 Å². The van der Waals surface area contributed by atoms with Gasteiger partial charge in [0.25, 0.3) is 0 Å². The number of rotatable bonds is 8. The van der Waals surface area contributed by atoms with E-state index in [2.05, 4.69) is 42.7 Å². The Labute approximate surface area is 163 Å². The van der Waals surface area contributed by atoms with Gasteiger partial charge in [-0.25, -0.2) is 4.39 Å². The first-order valence-corrected chi connectivity index (χ1v) is 10.5. The molecule has 1 aliphatic rings. The normalized spacial score (nSPS) is 14.9. The van der Waals surface area contributed by atoms with Crippen LogP contribution in [0.4, 0.5) is 15.8 Å². The van der Waals surface area contributed by atoms with Crippen LogP contribution in [0.15, 0.2) is 60.8 Å². The minimum absolute atomic E-state index is 0.204. The van der Waals surface area contributed by atoms with Crippen LogP contribution in [0.5, 0.6) is 0 Å². The molecule has 1 saturated carbocycles. The maximum Gasteiger partial charge on any atom is 0.123 e. The van der Waals surface area contributed by atoms with Gasteiger partial charge in [-0.15, -0.1) is 0 Å². The smallest absolute Gasteiger partial charge is 0.123 e. The summed E-state index contributed by atoms with van der Waals surface area (Å²) in [5.74, 6) is 0.627. The van der Waals surface area contributed by atoms with Crippen LogP contribution < -0.4 is 4.90 Å². The zero-order chi connectivity index (χ0) is 19.1. The van der Waals surface area contributed by atoms with Crippen molar-refractivity contribution in [2.45, 2.75) is 64.7 Å². The van der Waals surface area contributed by atoms with E-state index in [0.717, 1.165) is 42.3 Å². The van der Waals surface area contributed by atoms with Crippen LogP contribution in [0.2, 0.25) is 0 Å². The van der Waals surface area contributed by atoms with E-state index in [1.807, 2.05) is 12.1 Å². The van der Waals surface area contributed by atoms with E-state index >= 15 is 0 Å². The molecule has 0 spiro atoms. The van der Waals surface area contributed by atoms with Gasteiger partial charge >= 0.3 is 0 Å². The van der Waals surface area contributed by atoms with Crippen molar-refractivity contribution in [1.82, 2.24) is 0 Å². The van der Waals surface area contributed by atoms with Gasteiger partial charge in [-0.3, -0.25) is 0 Å². The van der Waals surface area contributed by atoms with Crippen molar-refractivity contribution in [3.05, 3.63) is 72.2 Å². The number of nitrogens with zero attached hydrogens (tertiary/aromatic N) is 1. The summed E-state index contributed by atoms with van der Waals surface area (Å²) in [7, 11) is 0. The fourth-order valence-corrected chi connectivity index (χ4v) is 4.16. The largest absolute Gasteiger partial charge is 0.315 e. The molecule has 0 heterocycles. The molecule has 0 amide bonds. The van der Waals surface area contributed by atoms with Crippen LogP contribution in [0.1, 0.15) is 63.9 Å². The maximum atomic E-state index is 13.4. The van der Waals surface area contributed by atoms with Crippen LogP contribution in [0.3, 0.4) is 0 Å². The van der Waals surface area contributed by atoms with Crippen LogP contribution >= 0.6 is 0 Å². The number of benzene rings is 2. The average Bonchev–Trinajstić information content (AvgIpc) is 2.70. The number of allylic oxidation sites excluding steroid dienone is 1. The molecule has 0 radical (unpaired) electrons. The quantitative estimate of drug-likeness (QED) is 0.461. The number of hydrogen-bond acceptors (Lipinski definition) is 1. The standard InChI is InChI=1S/C25H32FN/c1-3-7-21-12-16-24(17-13-21)27(25-18-14-23(26)15-19-25)20(2)10-11-22-8-5-4-6-9-22/h12-19,22H,2-11H2,1H3. The first kappa shape index (κ1) is 19.7. The lowest BCUT2D eigenvalue weighted by molar-refractivity contribution is 0.339. The molecule has 0 saturated heterocycles. The van der Waals surface area contributed by atoms with Crippen LogP contribution in [0, 0.1) is 11.7 Å². The van der Waals surface area contributed by atoms with E-state index in [9.17, 15) is 4.39 Å². The summed E-state index contributed by atoms with van der Waals surface area (Å²) in [6.45, 7) is 6.61. The van der Waals surface area contributed by atoms with Crippen molar-refractivity contribution in [3.63, 3.8) is 0 Å². The second-order valence-electron chi connectivity index (χ2n) is 7.84. The number of aryl methyl sites for hydroxylation is 1. The molecule has 0 unspecified atom stereocenters. The van der Waals surface area contributed by atoms with Gasteiger partial charge in [-0.05, 0) is 67.1 Å². The topological polar surface area (TPSA) is 3.24 Å². The Morgan fingerprint density at radius 2 is 1.56 bits per heavy atom. The molecule has 1 fully saturated rings. The molecule has 0 atom stereocenters. The molecule has 27 heavy (non-hydrogen) atoms. The SMILES string of the molecule is C=C(CCC1CCCCC1)N(c1ccc(F)cc1)c1ccc(CCC)cc1. The molecule has 0 bridgehead atoms. The van der Waals surface area contributed by atoms with Gasteiger partial charge in [0.15, 0.2) is 0 Å². The second-order valence-corrected chi connectivity index (χ2v) is 7.84. The summed E-state index contributed by atoms with van der Waals surface area (Å²) in [6.07, 6.45) is 11.3. The van der Waals surface area contributed by atoms with Gasteiger partial charge in [0.2, 0.25) is 0 Å². The third-order valence-corrected chi connectivity index (χ3v) is 5.70. The van der Waals surface area contributed by atoms with Crippen molar-refractivity contribution in [2.24, 2.45) is 5.92 Å². The first-order chi connectivity index (χ1) is 13.2. The van der Waals surface area contributed by atoms with Crippen molar-refractivity contribution in [2.75, 3.05) is 4.90 Å². The Kier molecular flexibility index (Phi) is 7.09. The third kappa shape index (κ3) is 5.45. The zero-order valence-electron chi connectivity index (χ0n) is 16.6. The van der Waals surface area contributed by atoms with Crippen LogP contribution in [0.25, 0.3) is 0 Å². The van der Waals surface area contributed by atoms with E-state index in [-0.39, 0.29) is 5.82 Å². The number of anilines is 2. The molecule has 2 aromatic rings. The molecule has 1 nitrogen and oxygen atoms in total. The van der Waals surface area contributed by atoms with Gasteiger partial charge in [-0.1, -0.05) is 64.2 Å². The summed E-state index contributed by atoms with van der Waals surface area (Å²) in [6, 6.07) is 15.5. The Morgan fingerprint density at radius 3 is 2.15 bits per heavy atom. The van der Waals surface area contributed by atoms with Crippen LogP contribution in [-0.2, 0) is 6.42 Å². The Bertz CT molecular complexity index is 711. The van der Waals surface area contributed by atoms with Gasteiger partial charge < -0.3 is 4.90 Å². The number of hydrogen-bond donors (Lipinski definition) is 0. The lowest BCUT2D eigenvalue weighted by atomic mass is 9.86. The monoisotopic (exact) mass is 365 g/mol. The molecule has 0 aliphatic heterocycles. The van der Waals surface area contributed by atoms with Crippen LogP contribution in [-0.4, -0.2) is 0 Å². The van der Waals surface area contributed by atoms with Gasteiger partial charge in [0.1, 0.15) is 5.82 Å². The lowest BCUT2D eigenvalue weighted by Crippen LogP contribution is -2.17. The van der Waals surface area contributed by atoms with E-state index in [0.29, 0.717) is 0 Å². The summed E-state index contributed by atoms with van der Waals surface area (Å²) in [5.41, 5.74) is 4.53. The van der Waals surface area contributed by atoms with E-state index in [1.54, 1.807) is 0 Å². The third-order valence-electron chi connectivity index (χ3n) is 5.70. The summed E-state index contributed by atoms with van der Waals surface area (Å²) in [5, 5.41) is 0. The fourth-order valence-electron chi connectivity index (χ4n) is 4.16. The number of halogens is 1. The molecule has 144 valence electrons. The summed E-state index contributed by atoms with van der Waals surface area (Å²) in [4.78, 5) is 2.19. The molecule has 2 aromatic carbocycles. The average molecular weight is 366 g/mol. The van der Waals surface area contributed by atoms with Gasteiger partial charge in [0, 0.05) is 17.1 Å². The highest BCUT2D eigenvalue weighted by Gasteiger charge is 2.17. The Balaban J connectivity index is 1.78. The predicted octanol–water partition coefficient (Wildman–Crippen LogP) is 7.79. The lowest BCUT2D eigenvalue weighted by Gasteiger charge is -2.29. The van der Waals surface area contributed by atoms with Crippen molar-refractivity contribution >= 4 is 11.4 Å². The minimum Gasteiger partial charge on any atom is -0.315 e. The highest BCUT2D eigenvalue weighted by atomic mass is 19.1. The molecule has 0 aromatic heterocycles. The van der Waals surface area contributed by atoms with E-state index < -0.39 is 0 Å². The van der Waals surface area contributed by atoms with E-state index in [4.69, 9.17) is 0 Å². The van der Waals surface area contributed by atoms with Crippen molar-refractivity contribution < 1.29 is 4.39 Å². The highest BCUT2D eigenvalue weighted by molar-refractivity contribution is 5.68. The second kappa shape index (κ2) is 9.73. The molecule has 3 rings (SSSR count). The molecule has 1 aliphatic carbocycles. The maximum absolute atomic E-state index is 13.4. The molecular formula is C25H32FN. The van der Waals surface area contributed by atoms with Gasteiger partial charge in [-0.2, -0.15) is 0 Å². The molecule has 2 heteroatoms. The summed E-state index contributed by atoms with van der Waals surface area (Å²) >= 11 is 0. The Hall–Kier alpha value is -2.09.